The molecule has 1 saturated heterocycles. The van der Waals surface area contributed by atoms with Crippen LogP contribution in [0.3, 0.4) is 0 Å². The minimum absolute atomic E-state index is 0. The zero-order chi connectivity index (χ0) is 20.3. The first kappa shape index (κ1) is 24.4. The van der Waals surface area contributed by atoms with Crippen LogP contribution in [0, 0.1) is 0 Å². The van der Waals surface area contributed by atoms with Gasteiger partial charge in [-0.3, -0.25) is 14.8 Å². The Morgan fingerprint density at radius 3 is 2.33 bits per heavy atom. The van der Waals surface area contributed by atoms with Crippen LogP contribution in [0.2, 0.25) is 0 Å². The van der Waals surface area contributed by atoms with Gasteiger partial charge in [-0.15, -0.1) is 24.0 Å². The number of benzene rings is 2. The molecular weight excluding hydrogens is 489 g/mol. The van der Waals surface area contributed by atoms with Crippen molar-refractivity contribution in [2.24, 2.45) is 4.99 Å². The Balaban J connectivity index is 0.00000320. The maximum atomic E-state index is 5.28. The van der Waals surface area contributed by atoms with E-state index in [0.29, 0.717) is 0 Å². The number of hydrogen-bond donors (Lipinski definition) is 2. The summed E-state index contributed by atoms with van der Waals surface area (Å²) < 4.78 is 5.28. The van der Waals surface area contributed by atoms with E-state index >= 15 is 0 Å². The number of rotatable bonds is 8. The largest absolute Gasteiger partial charge is 0.497 e. The van der Waals surface area contributed by atoms with Gasteiger partial charge in [0.25, 0.3) is 0 Å². The standard InChI is InChI=1S/C23H33N5O.HI/c1-24-23(26-18-21-9-6-10-22(17-21)29-2)25-11-12-27-13-15-28(16-14-27)19-20-7-4-3-5-8-20;/h3-10,17H,11-16,18-19H2,1-2H3,(H2,24,25,26);1H. The molecule has 0 radical (unpaired) electrons. The summed E-state index contributed by atoms with van der Waals surface area (Å²) in [6, 6.07) is 18.8. The molecule has 1 aliphatic heterocycles. The normalized spacial score (nSPS) is 15.3. The van der Waals surface area contributed by atoms with E-state index in [-0.39, 0.29) is 24.0 Å². The van der Waals surface area contributed by atoms with Gasteiger partial charge in [0, 0.05) is 59.4 Å². The highest BCUT2D eigenvalue weighted by molar-refractivity contribution is 14.0. The fourth-order valence-corrected chi connectivity index (χ4v) is 3.53. The molecule has 0 spiro atoms. The van der Waals surface area contributed by atoms with Crippen molar-refractivity contribution in [1.29, 1.82) is 0 Å². The molecule has 2 aromatic carbocycles. The Kier molecular flexibility index (Phi) is 11.0. The molecule has 0 saturated carbocycles. The van der Waals surface area contributed by atoms with Gasteiger partial charge in [0.15, 0.2) is 5.96 Å². The van der Waals surface area contributed by atoms with Crippen LogP contribution >= 0.6 is 24.0 Å². The van der Waals surface area contributed by atoms with Crippen molar-refractivity contribution in [2.45, 2.75) is 13.1 Å². The zero-order valence-electron chi connectivity index (χ0n) is 18.0. The van der Waals surface area contributed by atoms with Crippen LogP contribution in [0.15, 0.2) is 59.6 Å². The number of aliphatic imine (C=N–C) groups is 1. The third-order valence-corrected chi connectivity index (χ3v) is 5.25. The third kappa shape index (κ3) is 8.12. The Morgan fingerprint density at radius 2 is 1.63 bits per heavy atom. The summed E-state index contributed by atoms with van der Waals surface area (Å²) >= 11 is 0. The highest BCUT2D eigenvalue weighted by atomic mass is 127. The Bertz CT molecular complexity index is 763. The molecule has 3 rings (SSSR count). The van der Waals surface area contributed by atoms with Crippen LogP contribution in [-0.2, 0) is 13.1 Å². The molecule has 1 heterocycles. The molecule has 2 aromatic rings. The molecule has 6 nitrogen and oxygen atoms in total. The second-order valence-corrected chi connectivity index (χ2v) is 7.31. The molecule has 2 N–H and O–H groups in total. The fraction of sp³-hybridized carbons (Fsp3) is 0.435. The van der Waals surface area contributed by atoms with Gasteiger partial charge in [0.2, 0.25) is 0 Å². The monoisotopic (exact) mass is 523 g/mol. The molecule has 0 aliphatic carbocycles. The molecular formula is C23H34IN5O. The molecule has 1 aliphatic rings. The number of hydrogen-bond acceptors (Lipinski definition) is 4. The summed E-state index contributed by atoms with van der Waals surface area (Å²) in [7, 11) is 3.50. The topological polar surface area (TPSA) is 52.1 Å². The van der Waals surface area contributed by atoms with E-state index in [4.69, 9.17) is 4.74 Å². The van der Waals surface area contributed by atoms with Gasteiger partial charge in [0.1, 0.15) is 5.75 Å². The van der Waals surface area contributed by atoms with Crippen LogP contribution in [0.25, 0.3) is 0 Å². The number of nitrogens with one attached hydrogen (secondary N) is 2. The van der Waals surface area contributed by atoms with Crippen molar-refractivity contribution in [3.63, 3.8) is 0 Å². The van der Waals surface area contributed by atoms with E-state index in [1.54, 1.807) is 7.11 Å². The quantitative estimate of drug-likeness (QED) is 0.317. The molecule has 30 heavy (non-hydrogen) atoms. The molecule has 0 aromatic heterocycles. The number of guanidine groups is 1. The average Bonchev–Trinajstić information content (AvgIpc) is 2.78. The van der Waals surface area contributed by atoms with Crippen molar-refractivity contribution in [3.8, 4) is 5.75 Å². The Labute approximate surface area is 197 Å². The SMILES string of the molecule is CN=C(NCCN1CCN(Cc2ccccc2)CC1)NCc1cccc(OC)c1.I. The van der Waals surface area contributed by atoms with Gasteiger partial charge in [-0.1, -0.05) is 42.5 Å². The minimum Gasteiger partial charge on any atom is -0.497 e. The van der Waals surface area contributed by atoms with Crippen molar-refractivity contribution in [1.82, 2.24) is 20.4 Å². The first-order chi connectivity index (χ1) is 14.3. The third-order valence-electron chi connectivity index (χ3n) is 5.25. The van der Waals surface area contributed by atoms with E-state index < -0.39 is 0 Å². The average molecular weight is 523 g/mol. The number of piperazine rings is 1. The highest BCUT2D eigenvalue weighted by Gasteiger charge is 2.16. The van der Waals surface area contributed by atoms with Crippen molar-refractivity contribution in [2.75, 3.05) is 53.4 Å². The first-order valence-corrected chi connectivity index (χ1v) is 10.3. The van der Waals surface area contributed by atoms with Crippen molar-refractivity contribution < 1.29 is 4.74 Å². The van der Waals surface area contributed by atoms with Gasteiger partial charge >= 0.3 is 0 Å². The predicted molar refractivity (Wildman–Crippen MR) is 135 cm³/mol. The fourth-order valence-electron chi connectivity index (χ4n) is 3.53. The number of ether oxygens (including phenoxy) is 1. The lowest BCUT2D eigenvalue weighted by Crippen LogP contribution is -2.48. The van der Waals surface area contributed by atoms with E-state index in [1.807, 2.05) is 25.2 Å². The minimum atomic E-state index is 0. The molecule has 1 fully saturated rings. The number of halogens is 1. The maximum absolute atomic E-state index is 5.28. The van der Waals surface area contributed by atoms with Gasteiger partial charge in [-0.2, -0.15) is 0 Å². The Morgan fingerprint density at radius 1 is 0.933 bits per heavy atom. The van der Waals surface area contributed by atoms with Crippen LogP contribution in [0.1, 0.15) is 11.1 Å². The molecule has 0 bridgehead atoms. The molecule has 164 valence electrons. The van der Waals surface area contributed by atoms with Crippen molar-refractivity contribution in [3.05, 3.63) is 65.7 Å². The van der Waals surface area contributed by atoms with Crippen LogP contribution in [0.5, 0.6) is 5.75 Å². The van der Waals surface area contributed by atoms with Crippen LogP contribution < -0.4 is 15.4 Å². The van der Waals surface area contributed by atoms with Gasteiger partial charge in [0.05, 0.1) is 7.11 Å². The molecule has 7 heteroatoms. The molecule has 0 atom stereocenters. The number of methoxy groups -OCH3 is 1. The second kappa shape index (κ2) is 13.5. The highest BCUT2D eigenvalue weighted by Crippen LogP contribution is 2.12. The van der Waals surface area contributed by atoms with E-state index in [9.17, 15) is 0 Å². The lowest BCUT2D eigenvalue weighted by atomic mass is 10.2. The number of nitrogens with zero attached hydrogens (tertiary/aromatic N) is 3. The predicted octanol–water partition coefficient (Wildman–Crippen LogP) is 2.80. The first-order valence-electron chi connectivity index (χ1n) is 10.3. The Hall–Kier alpha value is -1.84. The lowest BCUT2D eigenvalue weighted by Gasteiger charge is -2.34. The van der Waals surface area contributed by atoms with Gasteiger partial charge in [-0.05, 0) is 23.3 Å². The summed E-state index contributed by atoms with van der Waals surface area (Å²) in [5, 5.41) is 6.78. The summed E-state index contributed by atoms with van der Waals surface area (Å²) in [6.07, 6.45) is 0. The van der Waals surface area contributed by atoms with E-state index in [2.05, 4.69) is 61.8 Å². The second-order valence-electron chi connectivity index (χ2n) is 7.31. The molecule has 0 unspecified atom stereocenters. The van der Waals surface area contributed by atoms with E-state index in [0.717, 1.165) is 64.1 Å². The molecule has 0 amide bonds. The van der Waals surface area contributed by atoms with Crippen LogP contribution in [-0.4, -0.2) is 69.2 Å². The lowest BCUT2D eigenvalue weighted by molar-refractivity contribution is 0.129. The summed E-state index contributed by atoms with van der Waals surface area (Å²) in [5.41, 5.74) is 2.57. The smallest absolute Gasteiger partial charge is 0.191 e. The van der Waals surface area contributed by atoms with Crippen LogP contribution in [0.4, 0.5) is 0 Å². The van der Waals surface area contributed by atoms with E-state index in [1.165, 1.54) is 11.1 Å². The summed E-state index contributed by atoms with van der Waals surface area (Å²) in [6.45, 7) is 8.16. The summed E-state index contributed by atoms with van der Waals surface area (Å²) in [4.78, 5) is 9.38. The zero-order valence-corrected chi connectivity index (χ0v) is 20.3. The van der Waals surface area contributed by atoms with Gasteiger partial charge < -0.3 is 15.4 Å². The van der Waals surface area contributed by atoms with Crippen molar-refractivity contribution >= 4 is 29.9 Å². The maximum Gasteiger partial charge on any atom is 0.191 e. The summed E-state index contributed by atoms with van der Waals surface area (Å²) in [5.74, 6) is 1.70. The van der Waals surface area contributed by atoms with Gasteiger partial charge in [-0.25, -0.2) is 0 Å².